The normalized spacial score (nSPS) is 21.8. The number of carbonyl (C=O) groups excluding carboxylic acids is 1. The summed E-state index contributed by atoms with van der Waals surface area (Å²) in [6.45, 7) is 2.85. The van der Waals surface area contributed by atoms with Gasteiger partial charge in [0.05, 0.1) is 12.7 Å². The molecule has 1 unspecified atom stereocenters. The van der Waals surface area contributed by atoms with Crippen molar-refractivity contribution in [2.75, 3.05) is 13.1 Å². The summed E-state index contributed by atoms with van der Waals surface area (Å²) in [7, 11) is 0. The van der Waals surface area contributed by atoms with Gasteiger partial charge in [-0.2, -0.15) is 15.4 Å². The van der Waals surface area contributed by atoms with Crippen molar-refractivity contribution in [2.24, 2.45) is 0 Å². The van der Waals surface area contributed by atoms with Gasteiger partial charge in [0.25, 0.3) is 5.91 Å². The van der Waals surface area contributed by atoms with Gasteiger partial charge in [-0.05, 0) is 37.0 Å². The zero-order valence-electron chi connectivity index (χ0n) is 12.5. The number of rotatable bonds is 3. The zero-order chi connectivity index (χ0) is 15.6. The minimum atomic E-state index is -1.15. The molecule has 2 aromatic rings. The first-order chi connectivity index (χ1) is 10.6. The van der Waals surface area contributed by atoms with Crippen LogP contribution in [0.25, 0.3) is 0 Å². The van der Waals surface area contributed by atoms with Gasteiger partial charge in [0.15, 0.2) is 0 Å². The second kappa shape index (κ2) is 5.84. The fraction of sp³-hybridized carbons (Fsp3) is 0.467. The molecule has 1 amide bonds. The van der Waals surface area contributed by atoms with E-state index in [4.69, 9.17) is 0 Å². The highest BCUT2D eigenvalue weighted by molar-refractivity contribution is 5.92. The van der Waals surface area contributed by atoms with Crippen LogP contribution in [-0.4, -0.2) is 49.4 Å². The number of aliphatic hydroxyl groups is 1. The van der Waals surface area contributed by atoms with Crippen LogP contribution in [0.3, 0.4) is 0 Å². The molecule has 22 heavy (non-hydrogen) atoms. The van der Waals surface area contributed by atoms with Crippen LogP contribution in [0.5, 0.6) is 0 Å². The van der Waals surface area contributed by atoms with Crippen molar-refractivity contribution in [1.82, 2.24) is 25.3 Å². The molecule has 0 radical (unpaired) electrons. The molecule has 1 atom stereocenters. The van der Waals surface area contributed by atoms with Crippen molar-refractivity contribution in [3.63, 3.8) is 0 Å². The Balaban J connectivity index is 1.81. The Morgan fingerprint density at radius 1 is 1.55 bits per heavy atom. The van der Waals surface area contributed by atoms with Crippen molar-refractivity contribution in [3.05, 3.63) is 41.5 Å². The second-order valence-corrected chi connectivity index (χ2v) is 5.62. The predicted octanol–water partition coefficient (Wildman–Crippen LogP) is 0.886. The molecule has 2 N–H and O–H groups in total. The molecule has 2 aromatic heterocycles. The molecule has 7 heteroatoms. The highest BCUT2D eigenvalue weighted by Gasteiger charge is 2.39. The summed E-state index contributed by atoms with van der Waals surface area (Å²) in [5.74, 6) is -0.156. The highest BCUT2D eigenvalue weighted by atomic mass is 16.3. The number of amides is 1. The van der Waals surface area contributed by atoms with Gasteiger partial charge in [0.2, 0.25) is 0 Å². The Hall–Kier alpha value is -2.28. The summed E-state index contributed by atoms with van der Waals surface area (Å²) in [5.41, 5.74) is 0.814. The summed E-state index contributed by atoms with van der Waals surface area (Å²) in [5, 5.41) is 21.0. The second-order valence-electron chi connectivity index (χ2n) is 5.62. The van der Waals surface area contributed by atoms with Gasteiger partial charge in [-0.3, -0.25) is 9.78 Å². The maximum absolute atomic E-state index is 12.6. The first-order valence-corrected chi connectivity index (χ1v) is 7.45. The summed E-state index contributed by atoms with van der Waals surface area (Å²) in [4.78, 5) is 18.4. The van der Waals surface area contributed by atoms with Crippen molar-refractivity contribution < 1.29 is 9.90 Å². The predicted molar refractivity (Wildman–Crippen MR) is 79.0 cm³/mol. The van der Waals surface area contributed by atoms with Gasteiger partial charge >= 0.3 is 0 Å². The molecule has 7 nitrogen and oxygen atoms in total. The molecular weight excluding hydrogens is 282 g/mol. The standard InChI is InChI=1S/C15H19N5O2/c1-2-11-4-6-16-12(8-11)14(21)20-7-3-5-15(22,10-20)13-9-17-19-18-13/h4,6,8-9,22H,2-3,5,7,10H2,1H3,(H,17,18,19). The van der Waals surface area contributed by atoms with E-state index >= 15 is 0 Å². The first kappa shape index (κ1) is 14.6. The number of hydrogen-bond acceptors (Lipinski definition) is 5. The number of pyridine rings is 1. The number of carbonyl (C=O) groups is 1. The summed E-state index contributed by atoms with van der Waals surface area (Å²) in [6, 6.07) is 3.71. The van der Waals surface area contributed by atoms with E-state index in [0.717, 1.165) is 12.0 Å². The van der Waals surface area contributed by atoms with Crippen molar-refractivity contribution in [1.29, 1.82) is 0 Å². The SMILES string of the molecule is CCc1ccnc(C(=O)N2CCCC(O)(c3cn[nH]n3)C2)c1. The van der Waals surface area contributed by atoms with Gasteiger partial charge in [-0.25, -0.2) is 0 Å². The Bertz CT molecular complexity index is 658. The molecule has 3 rings (SSSR count). The van der Waals surface area contributed by atoms with Gasteiger partial charge in [0.1, 0.15) is 17.0 Å². The lowest BCUT2D eigenvalue weighted by molar-refractivity contribution is -0.0321. The van der Waals surface area contributed by atoms with Crippen molar-refractivity contribution in [2.45, 2.75) is 31.8 Å². The monoisotopic (exact) mass is 301 g/mol. The first-order valence-electron chi connectivity index (χ1n) is 7.45. The fourth-order valence-electron chi connectivity index (χ4n) is 2.82. The molecule has 116 valence electrons. The molecule has 0 aliphatic carbocycles. The van der Waals surface area contributed by atoms with E-state index in [1.807, 2.05) is 19.1 Å². The average molecular weight is 301 g/mol. The highest BCUT2D eigenvalue weighted by Crippen LogP contribution is 2.30. The molecule has 3 heterocycles. The number of aromatic nitrogens is 4. The van der Waals surface area contributed by atoms with E-state index < -0.39 is 5.60 Å². The topological polar surface area (TPSA) is 95.0 Å². The van der Waals surface area contributed by atoms with E-state index in [9.17, 15) is 9.90 Å². The van der Waals surface area contributed by atoms with Crippen LogP contribution < -0.4 is 0 Å². The van der Waals surface area contributed by atoms with Crippen LogP contribution in [-0.2, 0) is 12.0 Å². The van der Waals surface area contributed by atoms with E-state index in [1.54, 1.807) is 11.1 Å². The summed E-state index contributed by atoms with van der Waals surface area (Å²) in [6.07, 6.45) is 5.28. The third kappa shape index (κ3) is 2.71. The van der Waals surface area contributed by atoms with E-state index in [0.29, 0.717) is 30.8 Å². The Kier molecular flexibility index (Phi) is 3.89. The van der Waals surface area contributed by atoms with Crippen LogP contribution in [0, 0.1) is 0 Å². The molecule has 0 saturated carbocycles. The van der Waals surface area contributed by atoms with Crippen LogP contribution in [0.1, 0.15) is 41.5 Å². The maximum atomic E-state index is 12.6. The number of likely N-dealkylation sites (tertiary alicyclic amines) is 1. The molecule has 1 aliphatic heterocycles. The number of aryl methyl sites for hydroxylation is 1. The average Bonchev–Trinajstić information content (AvgIpc) is 3.09. The lowest BCUT2D eigenvalue weighted by Crippen LogP contribution is -2.49. The van der Waals surface area contributed by atoms with E-state index in [-0.39, 0.29) is 12.5 Å². The molecule has 1 aliphatic rings. The number of H-pyrrole nitrogens is 1. The lowest BCUT2D eigenvalue weighted by Gasteiger charge is -2.37. The fourth-order valence-corrected chi connectivity index (χ4v) is 2.82. The van der Waals surface area contributed by atoms with Crippen molar-refractivity contribution >= 4 is 5.91 Å². The third-order valence-electron chi connectivity index (χ3n) is 4.10. The van der Waals surface area contributed by atoms with Crippen LogP contribution in [0.15, 0.2) is 24.5 Å². The van der Waals surface area contributed by atoms with Crippen molar-refractivity contribution in [3.8, 4) is 0 Å². The molecule has 0 spiro atoms. The smallest absolute Gasteiger partial charge is 0.272 e. The number of hydrogen-bond donors (Lipinski definition) is 2. The molecule has 0 bridgehead atoms. The van der Waals surface area contributed by atoms with Gasteiger partial charge in [0, 0.05) is 12.7 Å². The van der Waals surface area contributed by atoms with Gasteiger partial charge < -0.3 is 10.0 Å². The lowest BCUT2D eigenvalue weighted by atomic mass is 9.90. The molecular formula is C15H19N5O2. The largest absolute Gasteiger partial charge is 0.382 e. The van der Waals surface area contributed by atoms with Gasteiger partial charge in [-0.1, -0.05) is 6.92 Å². The van der Waals surface area contributed by atoms with E-state index in [1.165, 1.54) is 6.20 Å². The number of aromatic amines is 1. The quantitative estimate of drug-likeness (QED) is 0.877. The number of piperidine rings is 1. The Morgan fingerprint density at radius 2 is 2.41 bits per heavy atom. The minimum absolute atomic E-state index is 0.156. The number of nitrogens with one attached hydrogen (secondary N) is 1. The van der Waals surface area contributed by atoms with E-state index in [2.05, 4.69) is 20.4 Å². The molecule has 1 saturated heterocycles. The molecule has 1 fully saturated rings. The zero-order valence-corrected chi connectivity index (χ0v) is 12.5. The third-order valence-corrected chi connectivity index (χ3v) is 4.10. The molecule has 0 aromatic carbocycles. The number of nitrogens with zero attached hydrogens (tertiary/aromatic N) is 4. The Morgan fingerprint density at radius 3 is 3.14 bits per heavy atom. The maximum Gasteiger partial charge on any atom is 0.272 e. The summed E-state index contributed by atoms with van der Waals surface area (Å²) >= 11 is 0. The Labute approximate surface area is 128 Å². The summed E-state index contributed by atoms with van der Waals surface area (Å²) < 4.78 is 0. The number of β-amino-alcohol motifs (C(OH)–C–C–N with tert-alkyl or cyclic N) is 1. The minimum Gasteiger partial charge on any atom is -0.382 e. The van der Waals surface area contributed by atoms with Crippen LogP contribution in [0.2, 0.25) is 0 Å². The van der Waals surface area contributed by atoms with Crippen LogP contribution in [0.4, 0.5) is 0 Å². The van der Waals surface area contributed by atoms with Crippen LogP contribution >= 0.6 is 0 Å². The van der Waals surface area contributed by atoms with Gasteiger partial charge in [-0.15, -0.1) is 0 Å².